The molecule has 7 nitrogen and oxygen atoms in total. The van der Waals surface area contributed by atoms with Crippen LogP contribution in [0.15, 0.2) is 18.2 Å². The Balaban J connectivity index is 1.61. The summed E-state index contributed by atoms with van der Waals surface area (Å²) in [6.45, 7) is 5.79. The van der Waals surface area contributed by atoms with Crippen molar-refractivity contribution in [3.05, 3.63) is 46.5 Å². The van der Waals surface area contributed by atoms with Crippen LogP contribution < -0.4 is 5.32 Å². The second-order valence-electron chi connectivity index (χ2n) is 6.12. The molecule has 0 bridgehead atoms. The maximum Gasteiger partial charge on any atom is 0.291 e. The molecule has 2 amide bonds. The zero-order chi connectivity index (χ0) is 17.3. The maximum atomic E-state index is 12.2. The maximum absolute atomic E-state index is 12.2. The second kappa shape index (κ2) is 6.43. The normalized spacial score (nSPS) is 13.8. The third-order valence-corrected chi connectivity index (χ3v) is 4.43. The molecule has 0 radical (unpaired) electrons. The molecule has 1 aliphatic heterocycles. The number of carbonyl (C=O) groups is 2. The lowest BCUT2D eigenvalue weighted by Gasteiger charge is -2.23. The van der Waals surface area contributed by atoms with E-state index in [0.717, 1.165) is 17.0 Å². The molecule has 1 aliphatic rings. The zero-order valence-electron chi connectivity index (χ0n) is 14.2. The molecule has 0 aliphatic carbocycles. The number of amides is 2. The molecule has 2 heterocycles. The van der Waals surface area contributed by atoms with Crippen molar-refractivity contribution in [1.29, 1.82) is 0 Å². The first-order chi connectivity index (χ1) is 11.5. The lowest BCUT2D eigenvalue weighted by atomic mass is 10.1. The van der Waals surface area contributed by atoms with Crippen molar-refractivity contribution in [2.24, 2.45) is 0 Å². The van der Waals surface area contributed by atoms with Crippen molar-refractivity contribution in [1.82, 2.24) is 25.0 Å². The Bertz CT molecular complexity index is 796. The Labute approximate surface area is 140 Å². The zero-order valence-corrected chi connectivity index (χ0v) is 14.2. The summed E-state index contributed by atoms with van der Waals surface area (Å²) in [4.78, 5) is 25.8. The summed E-state index contributed by atoms with van der Waals surface area (Å²) in [5.41, 5.74) is 2.91. The van der Waals surface area contributed by atoms with Crippen LogP contribution in [0.1, 0.15) is 37.9 Å². The van der Waals surface area contributed by atoms with E-state index in [1.165, 1.54) is 0 Å². The van der Waals surface area contributed by atoms with Gasteiger partial charge in [0.25, 0.3) is 11.8 Å². The molecule has 3 rings (SSSR count). The molecule has 0 saturated heterocycles. The Morgan fingerprint density at radius 2 is 2.00 bits per heavy atom. The molecule has 2 aromatic rings. The van der Waals surface area contributed by atoms with Crippen molar-refractivity contribution in [3.63, 3.8) is 0 Å². The number of rotatable bonds is 4. The fourth-order valence-corrected chi connectivity index (χ4v) is 2.71. The Hall–Kier alpha value is -2.70. The third kappa shape index (κ3) is 3.02. The second-order valence-corrected chi connectivity index (χ2v) is 6.12. The Kier molecular flexibility index (Phi) is 4.33. The van der Waals surface area contributed by atoms with Gasteiger partial charge in [-0.1, -0.05) is 6.07 Å². The first-order valence-corrected chi connectivity index (χ1v) is 8.00. The van der Waals surface area contributed by atoms with E-state index in [0.29, 0.717) is 37.4 Å². The van der Waals surface area contributed by atoms with E-state index in [-0.39, 0.29) is 11.8 Å². The van der Waals surface area contributed by atoms with Gasteiger partial charge in [-0.3, -0.25) is 9.59 Å². The van der Waals surface area contributed by atoms with Crippen LogP contribution in [-0.2, 0) is 13.0 Å². The summed E-state index contributed by atoms with van der Waals surface area (Å²) >= 11 is 0. The molecular formula is C17H21N5O2. The molecule has 0 unspecified atom stereocenters. The minimum absolute atomic E-state index is 0.104. The summed E-state index contributed by atoms with van der Waals surface area (Å²) < 4.78 is 1.84. The highest BCUT2D eigenvalue weighted by atomic mass is 16.2. The molecule has 0 atom stereocenters. The van der Waals surface area contributed by atoms with E-state index in [1.807, 2.05) is 36.6 Å². The van der Waals surface area contributed by atoms with Crippen molar-refractivity contribution in [2.75, 3.05) is 20.1 Å². The van der Waals surface area contributed by atoms with Gasteiger partial charge in [0.2, 0.25) is 5.82 Å². The molecule has 1 aromatic heterocycles. The number of likely N-dealkylation sites (N-methyl/N-ethyl adjacent to an activating group) is 1. The monoisotopic (exact) mass is 327 g/mol. The SMILES string of the molecule is Cc1ccc(C(=O)NCCc2nnc3n2CCN(C)C3=O)cc1C. The van der Waals surface area contributed by atoms with Gasteiger partial charge in [0.05, 0.1) is 0 Å². The van der Waals surface area contributed by atoms with Crippen LogP contribution in [0.4, 0.5) is 0 Å². The first kappa shape index (κ1) is 16.2. The third-order valence-electron chi connectivity index (χ3n) is 4.43. The number of carbonyl (C=O) groups excluding carboxylic acids is 2. The quantitative estimate of drug-likeness (QED) is 0.907. The highest BCUT2D eigenvalue weighted by Gasteiger charge is 2.26. The lowest BCUT2D eigenvalue weighted by Crippen LogP contribution is -2.38. The summed E-state index contributed by atoms with van der Waals surface area (Å²) in [5, 5.41) is 11.0. The van der Waals surface area contributed by atoms with Crippen molar-refractivity contribution >= 4 is 11.8 Å². The van der Waals surface area contributed by atoms with Crippen molar-refractivity contribution < 1.29 is 9.59 Å². The van der Waals surface area contributed by atoms with Gasteiger partial charge < -0.3 is 14.8 Å². The van der Waals surface area contributed by atoms with E-state index < -0.39 is 0 Å². The number of hydrogen-bond acceptors (Lipinski definition) is 4. The molecule has 0 fully saturated rings. The van der Waals surface area contributed by atoms with Gasteiger partial charge >= 0.3 is 0 Å². The number of benzene rings is 1. The van der Waals surface area contributed by atoms with Gasteiger partial charge in [-0.2, -0.15) is 0 Å². The molecule has 24 heavy (non-hydrogen) atoms. The van der Waals surface area contributed by atoms with E-state index in [1.54, 1.807) is 11.9 Å². The highest BCUT2D eigenvalue weighted by molar-refractivity contribution is 5.94. The fraction of sp³-hybridized carbons (Fsp3) is 0.412. The predicted molar refractivity (Wildman–Crippen MR) is 88.9 cm³/mol. The van der Waals surface area contributed by atoms with Crippen LogP contribution in [0.5, 0.6) is 0 Å². The van der Waals surface area contributed by atoms with E-state index in [9.17, 15) is 9.59 Å². The van der Waals surface area contributed by atoms with E-state index in [4.69, 9.17) is 0 Å². The van der Waals surface area contributed by atoms with Gasteiger partial charge in [0, 0.05) is 38.7 Å². The Morgan fingerprint density at radius 1 is 1.21 bits per heavy atom. The van der Waals surface area contributed by atoms with Crippen LogP contribution in [0.25, 0.3) is 0 Å². The van der Waals surface area contributed by atoms with Gasteiger partial charge in [-0.25, -0.2) is 0 Å². The number of nitrogens with one attached hydrogen (secondary N) is 1. The van der Waals surface area contributed by atoms with Gasteiger partial charge in [-0.15, -0.1) is 10.2 Å². The lowest BCUT2D eigenvalue weighted by molar-refractivity contribution is 0.0739. The summed E-state index contributed by atoms with van der Waals surface area (Å²) in [7, 11) is 1.75. The number of fused-ring (bicyclic) bond motifs is 1. The van der Waals surface area contributed by atoms with Crippen molar-refractivity contribution in [2.45, 2.75) is 26.8 Å². The number of aryl methyl sites for hydroxylation is 2. The average Bonchev–Trinajstić information content (AvgIpc) is 2.97. The summed E-state index contributed by atoms with van der Waals surface area (Å²) in [5.74, 6) is 0.887. The predicted octanol–water partition coefficient (Wildman–Crippen LogP) is 0.953. The molecule has 0 saturated carbocycles. The first-order valence-electron chi connectivity index (χ1n) is 8.00. The smallest absolute Gasteiger partial charge is 0.291 e. The van der Waals surface area contributed by atoms with Crippen LogP contribution >= 0.6 is 0 Å². The topological polar surface area (TPSA) is 80.1 Å². The largest absolute Gasteiger partial charge is 0.352 e. The number of hydrogen-bond donors (Lipinski definition) is 1. The molecular weight excluding hydrogens is 306 g/mol. The highest BCUT2D eigenvalue weighted by Crippen LogP contribution is 2.12. The molecule has 0 spiro atoms. The minimum atomic E-state index is -0.112. The summed E-state index contributed by atoms with van der Waals surface area (Å²) in [6.07, 6.45) is 0.542. The van der Waals surface area contributed by atoms with E-state index >= 15 is 0 Å². The molecule has 126 valence electrons. The van der Waals surface area contributed by atoms with Crippen molar-refractivity contribution in [3.8, 4) is 0 Å². The molecule has 1 N–H and O–H groups in total. The Morgan fingerprint density at radius 3 is 2.75 bits per heavy atom. The van der Waals surface area contributed by atoms with Crippen LogP contribution in [0, 0.1) is 13.8 Å². The molecule has 7 heteroatoms. The van der Waals surface area contributed by atoms with Crippen LogP contribution in [0.3, 0.4) is 0 Å². The standard InChI is InChI=1S/C17H21N5O2/c1-11-4-5-13(10-12(11)2)16(23)18-7-6-14-19-20-15-17(24)21(3)8-9-22(14)15/h4-5,10H,6-9H2,1-3H3,(H,18,23). The average molecular weight is 327 g/mol. The van der Waals surface area contributed by atoms with Gasteiger partial charge in [0.1, 0.15) is 5.82 Å². The van der Waals surface area contributed by atoms with E-state index in [2.05, 4.69) is 15.5 Å². The number of nitrogens with zero attached hydrogens (tertiary/aromatic N) is 4. The minimum Gasteiger partial charge on any atom is -0.352 e. The van der Waals surface area contributed by atoms with Gasteiger partial charge in [0.15, 0.2) is 0 Å². The summed E-state index contributed by atoms with van der Waals surface area (Å²) in [6, 6.07) is 5.66. The fourth-order valence-electron chi connectivity index (χ4n) is 2.71. The van der Waals surface area contributed by atoms with Gasteiger partial charge in [-0.05, 0) is 37.1 Å². The molecule has 1 aromatic carbocycles. The van der Waals surface area contributed by atoms with Crippen LogP contribution in [0.2, 0.25) is 0 Å². The number of aromatic nitrogens is 3. The van der Waals surface area contributed by atoms with Crippen LogP contribution in [-0.4, -0.2) is 51.6 Å².